The number of carbonyl (C=O) groups is 1. The number of alkyl halides is 2. The lowest BCUT2D eigenvalue weighted by molar-refractivity contribution is -0.124. The first kappa shape index (κ1) is 13.8. The van der Waals surface area contributed by atoms with Gasteiger partial charge in [-0.3, -0.25) is 4.79 Å². The highest BCUT2D eigenvalue weighted by molar-refractivity contribution is 5.94. The second kappa shape index (κ2) is 5.15. The molecule has 3 nitrogen and oxygen atoms in total. The van der Waals surface area contributed by atoms with Crippen LogP contribution in [0.2, 0.25) is 0 Å². The van der Waals surface area contributed by atoms with Gasteiger partial charge < -0.3 is 10.4 Å². The summed E-state index contributed by atoms with van der Waals surface area (Å²) in [5, 5.41) is 12.3. The van der Waals surface area contributed by atoms with Crippen molar-refractivity contribution >= 4 is 11.6 Å². The number of hydrogen-bond acceptors (Lipinski definition) is 2. The molecule has 0 spiro atoms. The van der Waals surface area contributed by atoms with Gasteiger partial charge in [0.15, 0.2) is 0 Å². The molecule has 2 rings (SSSR count). The van der Waals surface area contributed by atoms with Crippen molar-refractivity contribution < 1.29 is 18.7 Å². The fourth-order valence-electron chi connectivity index (χ4n) is 2.28. The number of rotatable bonds is 2. The van der Waals surface area contributed by atoms with Gasteiger partial charge in [-0.05, 0) is 37.5 Å². The molecule has 0 atom stereocenters. The van der Waals surface area contributed by atoms with E-state index in [9.17, 15) is 18.7 Å². The summed E-state index contributed by atoms with van der Waals surface area (Å²) in [4.78, 5) is 11.9. The quantitative estimate of drug-likeness (QED) is 0.808. The van der Waals surface area contributed by atoms with Crippen molar-refractivity contribution in [2.75, 3.05) is 5.32 Å². The molecular formula is C14H17F2NO2. The molecule has 1 aromatic carbocycles. The Hall–Kier alpha value is -1.65. The van der Waals surface area contributed by atoms with Gasteiger partial charge in [0, 0.05) is 18.8 Å². The number of amides is 1. The molecule has 104 valence electrons. The highest BCUT2D eigenvalue weighted by Gasteiger charge is 2.37. The van der Waals surface area contributed by atoms with Crippen LogP contribution in [0.5, 0.6) is 5.75 Å². The second-order valence-electron chi connectivity index (χ2n) is 5.14. The molecule has 0 heterocycles. The first-order valence-electron chi connectivity index (χ1n) is 6.36. The van der Waals surface area contributed by atoms with Crippen molar-refractivity contribution in [3.63, 3.8) is 0 Å². The van der Waals surface area contributed by atoms with Crippen molar-refractivity contribution in [3.05, 3.63) is 23.8 Å². The summed E-state index contributed by atoms with van der Waals surface area (Å²) in [5.74, 6) is -3.34. The number of hydrogen-bond donors (Lipinski definition) is 2. The molecule has 1 aliphatic rings. The molecule has 2 N–H and O–H groups in total. The molecule has 0 radical (unpaired) electrons. The van der Waals surface area contributed by atoms with Crippen molar-refractivity contribution in [1.29, 1.82) is 0 Å². The van der Waals surface area contributed by atoms with Gasteiger partial charge in [0.05, 0.1) is 5.69 Å². The van der Waals surface area contributed by atoms with E-state index >= 15 is 0 Å². The minimum absolute atomic E-state index is 0.00510. The topological polar surface area (TPSA) is 49.3 Å². The summed E-state index contributed by atoms with van der Waals surface area (Å²) in [7, 11) is 0. The van der Waals surface area contributed by atoms with Crippen LogP contribution >= 0.6 is 0 Å². The molecule has 0 bridgehead atoms. The van der Waals surface area contributed by atoms with Gasteiger partial charge in [-0.15, -0.1) is 0 Å². The van der Waals surface area contributed by atoms with Crippen LogP contribution in [-0.4, -0.2) is 16.9 Å². The predicted molar refractivity (Wildman–Crippen MR) is 68.4 cm³/mol. The van der Waals surface area contributed by atoms with Gasteiger partial charge in [0.25, 0.3) is 0 Å². The molecule has 1 aliphatic carbocycles. The minimum atomic E-state index is -2.64. The number of phenols is 1. The molecule has 1 fully saturated rings. The molecule has 1 amide bonds. The lowest BCUT2D eigenvalue weighted by Gasteiger charge is -2.27. The number of aromatic hydroxyl groups is 1. The zero-order valence-corrected chi connectivity index (χ0v) is 10.7. The Morgan fingerprint density at radius 1 is 1.37 bits per heavy atom. The van der Waals surface area contributed by atoms with Crippen LogP contribution in [0.15, 0.2) is 18.2 Å². The highest BCUT2D eigenvalue weighted by atomic mass is 19.3. The molecule has 19 heavy (non-hydrogen) atoms. The Labute approximate surface area is 110 Å². The molecule has 0 aromatic heterocycles. The van der Waals surface area contributed by atoms with Crippen molar-refractivity contribution in [2.24, 2.45) is 5.92 Å². The van der Waals surface area contributed by atoms with Gasteiger partial charge in [0.1, 0.15) is 5.75 Å². The van der Waals surface area contributed by atoms with E-state index in [1.807, 2.05) is 6.92 Å². The third-order valence-corrected chi connectivity index (χ3v) is 3.50. The fraction of sp³-hybridized carbons (Fsp3) is 0.500. The Kier molecular flexibility index (Phi) is 3.73. The van der Waals surface area contributed by atoms with E-state index in [4.69, 9.17) is 0 Å². The highest BCUT2D eigenvalue weighted by Crippen LogP contribution is 2.37. The Morgan fingerprint density at radius 2 is 2.00 bits per heavy atom. The maximum absolute atomic E-state index is 13.0. The molecule has 1 aromatic rings. The lowest BCUT2D eigenvalue weighted by Crippen LogP contribution is -2.31. The average molecular weight is 269 g/mol. The monoisotopic (exact) mass is 269 g/mol. The third kappa shape index (κ3) is 3.43. The van der Waals surface area contributed by atoms with E-state index in [2.05, 4.69) is 5.32 Å². The first-order valence-corrected chi connectivity index (χ1v) is 6.36. The number of anilines is 1. The molecule has 5 heteroatoms. The van der Waals surface area contributed by atoms with Crippen LogP contribution in [0.3, 0.4) is 0 Å². The van der Waals surface area contributed by atoms with Gasteiger partial charge in [0.2, 0.25) is 11.8 Å². The maximum atomic E-state index is 13.0. The van der Waals surface area contributed by atoms with Crippen molar-refractivity contribution in [1.82, 2.24) is 0 Å². The van der Waals surface area contributed by atoms with Crippen LogP contribution in [-0.2, 0) is 4.79 Å². The Bertz CT molecular complexity index is 478. The number of nitrogens with one attached hydrogen (secondary N) is 1. The molecule has 0 unspecified atom stereocenters. The second-order valence-corrected chi connectivity index (χ2v) is 5.14. The summed E-state index contributed by atoms with van der Waals surface area (Å²) in [5.41, 5.74) is 1.21. The Balaban J connectivity index is 1.98. The minimum Gasteiger partial charge on any atom is -0.506 e. The van der Waals surface area contributed by atoms with E-state index in [0.717, 1.165) is 5.56 Å². The van der Waals surface area contributed by atoms with Crippen molar-refractivity contribution in [3.8, 4) is 5.75 Å². The number of aryl methyl sites for hydroxylation is 1. The zero-order valence-electron chi connectivity index (χ0n) is 10.7. The largest absolute Gasteiger partial charge is 0.506 e. The van der Waals surface area contributed by atoms with Gasteiger partial charge in [-0.1, -0.05) is 6.07 Å². The normalized spacial score (nSPS) is 19.1. The molecule has 0 aliphatic heterocycles. The van der Waals surface area contributed by atoms with E-state index in [1.54, 1.807) is 18.2 Å². The van der Waals surface area contributed by atoms with Gasteiger partial charge >= 0.3 is 0 Å². The predicted octanol–water partition coefficient (Wildman–Crippen LogP) is 3.46. The smallest absolute Gasteiger partial charge is 0.248 e. The zero-order chi connectivity index (χ0) is 14.0. The third-order valence-electron chi connectivity index (χ3n) is 3.50. The van der Waals surface area contributed by atoms with Crippen LogP contribution in [0, 0.1) is 12.8 Å². The molecular weight excluding hydrogens is 252 g/mol. The van der Waals surface area contributed by atoms with E-state index in [1.165, 1.54) is 0 Å². The summed E-state index contributed by atoms with van der Waals surface area (Å²) in [6.07, 6.45) is -0.118. The summed E-state index contributed by atoms with van der Waals surface area (Å²) in [6, 6.07) is 4.93. The standard InChI is InChI=1S/C14H17F2NO2/c1-9-2-3-11(12(18)8-9)17-13(19)10-4-6-14(15,16)7-5-10/h2-3,8,10,18H,4-7H2,1H3,(H,17,19). The number of halogens is 2. The first-order chi connectivity index (χ1) is 8.87. The number of phenolic OH excluding ortho intramolecular Hbond substituents is 1. The van der Waals surface area contributed by atoms with Gasteiger partial charge in [-0.25, -0.2) is 8.78 Å². The van der Waals surface area contributed by atoms with E-state index in [0.29, 0.717) is 5.69 Å². The van der Waals surface area contributed by atoms with E-state index < -0.39 is 11.8 Å². The SMILES string of the molecule is Cc1ccc(NC(=O)C2CCC(F)(F)CC2)c(O)c1. The fourth-order valence-corrected chi connectivity index (χ4v) is 2.28. The average Bonchev–Trinajstić information content (AvgIpc) is 2.32. The summed E-state index contributed by atoms with van der Waals surface area (Å²) in [6.45, 7) is 1.83. The maximum Gasteiger partial charge on any atom is 0.248 e. The summed E-state index contributed by atoms with van der Waals surface area (Å²) >= 11 is 0. The van der Waals surface area contributed by atoms with Crippen molar-refractivity contribution in [2.45, 2.75) is 38.5 Å². The Morgan fingerprint density at radius 3 is 2.58 bits per heavy atom. The van der Waals surface area contributed by atoms with Crippen LogP contribution in [0.1, 0.15) is 31.2 Å². The van der Waals surface area contributed by atoms with Crippen LogP contribution in [0.25, 0.3) is 0 Å². The molecule has 0 saturated heterocycles. The summed E-state index contributed by atoms with van der Waals surface area (Å²) < 4.78 is 26.0. The van der Waals surface area contributed by atoms with Gasteiger partial charge in [-0.2, -0.15) is 0 Å². The number of benzene rings is 1. The molecule has 1 saturated carbocycles. The van der Waals surface area contributed by atoms with Crippen LogP contribution < -0.4 is 5.32 Å². The van der Waals surface area contributed by atoms with E-state index in [-0.39, 0.29) is 37.3 Å². The number of carbonyl (C=O) groups excluding carboxylic acids is 1. The lowest BCUT2D eigenvalue weighted by atomic mass is 9.86. The van der Waals surface area contributed by atoms with Crippen LogP contribution in [0.4, 0.5) is 14.5 Å².